The van der Waals surface area contributed by atoms with Crippen molar-refractivity contribution in [2.45, 2.75) is 58.3 Å². The molecule has 0 aliphatic carbocycles. The highest BCUT2D eigenvalue weighted by Crippen LogP contribution is 2.15. The fraction of sp³-hybridized carbons (Fsp3) is 0.682. The molecule has 0 aromatic rings. The first-order chi connectivity index (χ1) is 14.4. The molecule has 1 unspecified atom stereocenters. The zero-order valence-corrected chi connectivity index (χ0v) is 18.2. The molecule has 0 heterocycles. The largest absolute Gasteiger partial charge is 0.491 e. The minimum absolute atomic E-state index is 0.00258. The second-order valence-corrected chi connectivity index (χ2v) is 6.78. The number of ether oxygens (including phenoxy) is 4. The molecule has 0 saturated heterocycles. The number of carbonyl (C=O) groups excluding carboxylic acids is 2. The van der Waals surface area contributed by atoms with Crippen LogP contribution >= 0.6 is 0 Å². The van der Waals surface area contributed by atoms with Crippen LogP contribution in [0.15, 0.2) is 24.5 Å². The van der Waals surface area contributed by atoms with Gasteiger partial charge in [0, 0.05) is 13.2 Å². The number of aliphatic carboxylic acids is 1. The Morgan fingerprint density at radius 3 is 2.10 bits per heavy atom. The summed E-state index contributed by atoms with van der Waals surface area (Å²) in [5, 5.41) is 9.25. The highest BCUT2D eigenvalue weighted by Gasteiger charge is 2.27. The molecule has 30 heavy (non-hydrogen) atoms. The van der Waals surface area contributed by atoms with Gasteiger partial charge in [-0.2, -0.15) is 0 Å². The van der Waals surface area contributed by atoms with E-state index >= 15 is 0 Å². The summed E-state index contributed by atoms with van der Waals surface area (Å²) in [4.78, 5) is 34.7. The number of methoxy groups -OCH3 is 1. The quantitative estimate of drug-likeness (QED) is 0.0829. The Kier molecular flexibility index (Phi) is 17.2. The average molecular weight is 429 g/mol. The summed E-state index contributed by atoms with van der Waals surface area (Å²) in [7, 11) is 1.50. The van der Waals surface area contributed by atoms with Crippen molar-refractivity contribution in [3.63, 3.8) is 0 Å². The molecule has 0 aliphatic rings. The van der Waals surface area contributed by atoms with E-state index in [2.05, 4.69) is 13.5 Å². The lowest BCUT2D eigenvalue weighted by molar-refractivity contribution is -0.159. The summed E-state index contributed by atoms with van der Waals surface area (Å²) in [6.07, 6.45) is 10.1. The summed E-state index contributed by atoms with van der Waals surface area (Å²) in [5.74, 6) is -3.47. The Morgan fingerprint density at radius 1 is 0.867 bits per heavy atom. The molecule has 0 spiro atoms. The van der Waals surface area contributed by atoms with Crippen LogP contribution in [0.4, 0.5) is 0 Å². The average Bonchev–Trinajstić information content (AvgIpc) is 2.71. The van der Waals surface area contributed by atoms with Crippen LogP contribution in [0.25, 0.3) is 0 Å². The molecule has 0 rings (SSSR count). The lowest BCUT2D eigenvalue weighted by atomic mass is 10.0. The first kappa shape index (κ1) is 27.6. The van der Waals surface area contributed by atoms with Crippen LogP contribution in [0.3, 0.4) is 0 Å². The first-order valence-electron chi connectivity index (χ1n) is 10.5. The van der Waals surface area contributed by atoms with E-state index in [-0.39, 0.29) is 32.0 Å². The molecular weight excluding hydrogens is 392 g/mol. The van der Waals surface area contributed by atoms with Crippen LogP contribution in [0.2, 0.25) is 0 Å². The SMILES string of the molecule is C=C(/C=C/C(=O)OCCOC)OCCOC(=O)C(CCCCCCCCC)C(=O)O. The molecule has 1 N–H and O–H groups in total. The lowest BCUT2D eigenvalue weighted by Crippen LogP contribution is -2.27. The molecule has 172 valence electrons. The number of rotatable bonds is 19. The predicted molar refractivity (Wildman–Crippen MR) is 112 cm³/mol. The van der Waals surface area contributed by atoms with Crippen LogP contribution < -0.4 is 0 Å². The van der Waals surface area contributed by atoms with Crippen molar-refractivity contribution in [2.75, 3.05) is 33.5 Å². The second kappa shape index (κ2) is 18.7. The van der Waals surface area contributed by atoms with E-state index in [9.17, 15) is 19.5 Å². The Bertz CT molecular complexity index is 541. The number of carboxylic acids is 1. The van der Waals surface area contributed by atoms with Gasteiger partial charge >= 0.3 is 17.9 Å². The third kappa shape index (κ3) is 15.6. The molecule has 0 amide bonds. The van der Waals surface area contributed by atoms with Gasteiger partial charge in [0.2, 0.25) is 0 Å². The van der Waals surface area contributed by atoms with E-state index in [0.29, 0.717) is 13.0 Å². The van der Waals surface area contributed by atoms with E-state index < -0.39 is 23.8 Å². The number of carboxylic acid groups (broad SMARTS) is 1. The normalized spacial score (nSPS) is 11.8. The molecule has 0 aromatic heterocycles. The second-order valence-electron chi connectivity index (χ2n) is 6.78. The summed E-state index contributed by atoms with van der Waals surface area (Å²) in [6.45, 7) is 6.10. The summed E-state index contributed by atoms with van der Waals surface area (Å²) < 4.78 is 19.8. The van der Waals surface area contributed by atoms with E-state index in [0.717, 1.165) is 25.3 Å². The standard InChI is InChI=1S/C22H36O8/c1-4-5-6-7-8-9-10-11-19(21(24)25)22(26)30-17-16-28-18(2)12-13-20(23)29-15-14-27-3/h12-13,19H,2,4-11,14-17H2,1,3H3,(H,24,25)/b13-12+. The molecule has 0 aromatic carbocycles. The van der Waals surface area contributed by atoms with Gasteiger partial charge in [-0.3, -0.25) is 9.59 Å². The molecule has 0 bridgehead atoms. The summed E-state index contributed by atoms with van der Waals surface area (Å²) in [6, 6.07) is 0. The van der Waals surface area contributed by atoms with Crippen LogP contribution in [-0.2, 0) is 33.3 Å². The van der Waals surface area contributed by atoms with Gasteiger partial charge in [0.05, 0.1) is 6.61 Å². The van der Waals surface area contributed by atoms with E-state index in [1.165, 1.54) is 32.4 Å². The van der Waals surface area contributed by atoms with Crippen molar-refractivity contribution in [3.05, 3.63) is 24.5 Å². The highest BCUT2D eigenvalue weighted by atomic mass is 16.6. The van der Waals surface area contributed by atoms with Crippen molar-refractivity contribution < 1.29 is 38.4 Å². The molecule has 0 radical (unpaired) electrons. The fourth-order valence-electron chi connectivity index (χ4n) is 2.55. The van der Waals surface area contributed by atoms with E-state index in [1.807, 2.05) is 0 Å². The van der Waals surface area contributed by atoms with Crippen LogP contribution in [0, 0.1) is 5.92 Å². The molecule has 8 nitrogen and oxygen atoms in total. The van der Waals surface area contributed by atoms with Gasteiger partial charge in [0.1, 0.15) is 25.6 Å². The van der Waals surface area contributed by atoms with Crippen molar-refractivity contribution in [2.24, 2.45) is 5.92 Å². The van der Waals surface area contributed by atoms with Gasteiger partial charge in [0.25, 0.3) is 0 Å². The van der Waals surface area contributed by atoms with Gasteiger partial charge in [0.15, 0.2) is 5.92 Å². The minimum Gasteiger partial charge on any atom is -0.491 e. The molecule has 0 fully saturated rings. The Morgan fingerprint density at radius 2 is 1.47 bits per heavy atom. The monoisotopic (exact) mass is 428 g/mol. The predicted octanol–water partition coefficient (Wildman–Crippen LogP) is 3.65. The number of hydrogen-bond acceptors (Lipinski definition) is 7. The zero-order valence-electron chi connectivity index (χ0n) is 18.2. The maximum atomic E-state index is 12.0. The Hall–Kier alpha value is -2.35. The Labute approximate surface area is 179 Å². The maximum Gasteiger partial charge on any atom is 0.330 e. The van der Waals surface area contributed by atoms with Gasteiger partial charge in [-0.05, 0) is 12.5 Å². The van der Waals surface area contributed by atoms with Gasteiger partial charge in [-0.1, -0.05) is 58.4 Å². The van der Waals surface area contributed by atoms with Gasteiger partial charge < -0.3 is 24.1 Å². The topological polar surface area (TPSA) is 108 Å². The maximum absolute atomic E-state index is 12.0. The molecule has 1 atom stereocenters. The highest BCUT2D eigenvalue weighted by molar-refractivity contribution is 5.93. The molecule has 0 aliphatic heterocycles. The van der Waals surface area contributed by atoms with Crippen molar-refractivity contribution in [1.82, 2.24) is 0 Å². The lowest BCUT2D eigenvalue weighted by Gasteiger charge is -2.12. The van der Waals surface area contributed by atoms with Crippen LogP contribution in [0.5, 0.6) is 0 Å². The summed E-state index contributed by atoms with van der Waals surface area (Å²) >= 11 is 0. The number of unbranched alkanes of at least 4 members (excludes halogenated alkanes) is 6. The third-order valence-electron chi connectivity index (χ3n) is 4.23. The fourth-order valence-corrected chi connectivity index (χ4v) is 2.55. The molecular formula is C22H36O8. The van der Waals surface area contributed by atoms with Crippen molar-refractivity contribution in [1.29, 1.82) is 0 Å². The molecule has 0 saturated carbocycles. The zero-order chi connectivity index (χ0) is 22.6. The minimum atomic E-state index is -1.17. The number of hydrogen-bond donors (Lipinski definition) is 1. The number of esters is 2. The third-order valence-corrected chi connectivity index (χ3v) is 4.23. The Balaban J connectivity index is 4.02. The van der Waals surface area contributed by atoms with E-state index in [4.69, 9.17) is 18.9 Å². The van der Waals surface area contributed by atoms with Crippen LogP contribution in [-0.4, -0.2) is 56.6 Å². The smallest absolute Gasteiger partial charge is 0.330 e. The first-order valence-corrected chi connectivity index (χ1v) is 10.5. The van der Waals surface area contributed by atoms with Crippen molar-refractivity contribution >= 4 is 17.9 Å². The molecule has 8 heteroatoms. The number of allylic oxidation sites excluding steroid dienone is 1. The van der Waals surface area contributed by atoms with Crippen molar-refractivity contribution in [3.8, 4) is 0 Å². The summed E-state index contributed by atoms with van der Waals surface area (Å²) in [5.41, 5.74) is 0. The van der Waals surface area contributed by atoms with Gasteiger partial charge in [-0.15, -0.1) is 0 Å². The number of carbonyl (C=O) groups is 3. The van der Waals surface area contributed by atoms with Crippen LogP contribution in [0.1, 0.15) is 58.3 Å². The van der Waals surface area contributed by atoms with E-state index in [1.54, 1.807) is 0 Å². The van der Waals surface area contributed by atoms with Gasteiger partial charge in [-0.25, -0.2) is 4.79 Å².